The molecule has 3 heterocycles. The van der Waals surface area contributed by atoms with Crippen molar-refractivity contribution >= 4 is 29.1 Å². The lowest BCUT2D eigenvalue weighted by Crippen LogP contribution is -2.32. The van der Waals surface area contributed by atoms with Crippen LogP contribution in [-0.4, -0.2) is 49.6 Å². The number of aromatic nitrogens is 5. The zero-order valence-corrected chi connectivity index (χ0v) is 19.0. The van der Waals surface area contributed by atoms with Gasteiger partial charge < -0.3 is 14.2 Å². The molecule has 1 unspecified atom stereocenters. The highest BCUT2D eigenvalue weighted by Crippen LogP contribution is 2.37. The highest BCUT2D eigenvalue weighted by molar-refractivity contribution is 6.32. The van der Waals surface area contributed by atoms with E-state index in [9.17, 15) is 4.79 Å². The van der Waals surface area contributed by atoms with Crippen molar-refractivity contribution in [3.05, 3.63) is 70.2 Å². The number of benzene rings is 2. The molecule has 9 nitrogen and oxygen atoms in total. The number of halogens is 2. The maximum absolute atomic E-state index is 13.6. The lowest BCUT2D eigenvalue weighted by molar-refractivity contribution is 0.0728. The minimum absolute atomic E-state index is 0.187. The quantitative estimate of drug-likeness (QED) is 0.407. The lowest BCUT2D eigenvalue weighted by atomic mass is 10.1. The smallest absolute Gasteiger partial charge is 0.261 e. The van der Waals surface area contributed by atoms with E-state index in [1.54, 1.807) is 53.7 Å². The number of likely N-dealkylation sites (tertiary alicyclic amines) is 1. The van der Waals surface area contributed by atoms with Gasteiger partial charge in [-0.2, -0.15) is 20.0 Å². The van der Waals surface area contributed by atoms with Crippen LogP contribution in [0.5, 0.6) is 5.75 Å². The van der Waals surface area contributed by atoms with Crippen molar-refractivity contribution in [2.45, 2.75) is 18.9 Å². The summed E-state index contributed by atoms with van der Waals surface area (Å²) in [4.78, 5) is 21.2. The van der Waals surface area contributed by atoms with Crippen LogP contribution in [0.25, 0.3) is 17.1 Å². The molecular weight excluding hydrogens is 467 g/mol. The standard InChI is InChI=1S/C22H18Cl2N6O3/c1-32-19-15(4-2-5-16(19)24)21-27-20(28-33-21)17-6-3-11-29(17)22(31)14-8-7-13(23)12-18(14)30-25-9-10-26-30/h2,4-5,7-10,12,17H,3,6,11H2,1H3. The van der Waals surface area contributed by atoms with Crippen molar-refractivity contribution in [1.82, 2.24) is 30.0 Å². The van der Waals surface area contributed by atoms with Crippen LogP contribution in [0.3, 0.4) is 0 Å². The molecule has 5 rings (SSSR count). The molecule has 2 aromatic carbocycles. The molecule has 1 atom stereocenters. The monoisotopic (exact) mass is 484 g/mol. The fourth-order valence-electron chi connectivity index (χ4n) is 3.99. The molecule has 1 aliphatic rings. The SMILES string of the molecule is COc1c(Cl)cccc1-c1nc(C2CCCN2C(=O)c2ccc(Cl)cc2-n2nccn2)no1. The summed E-state index contributed by atoms with van der Waals surface area (Å²) in [5, 5.41) is 13.4. The van der Waals surface area contributed by atoms with Gasteiger partial charge in [-0.05, 0) is 43.2 Å². The maximum atomic E-state index is 13.6. The number of carbonyl (C=O) groups excluding carboxylic acids is 1. The van der Waals surface area contributed by atoms with E-state index in [0.29, 0.717) is 51.4 Å². The molecule has 2 aromatic heterocycles. The maximum Gasteiger partial charge on any atom is 0.261 e. The Bertz CT molecular complexity index is 1310. The van der Waals surface area contributed by atoms with Gasteiger partial charge >= 0.3 is 0 Å². The van der Waals surface area contributed by atoms with Crippen LogP contribution in [0.2, 0.25) is 10.0 Å². The normalized spacial score (nSPS) is 15.7. The van der Waals surface area contributed by atoms with Crippen molar-refractivity contribution in [2.24, 2.45) is 0 Å². The Labute approximate surface area is 198 Å². The van der Waals surface area contributed by atoms with Crippen LogP contribution < -0.4 is 4.74 Å². The van der Waals surface area contributed by atoms with E-state index < -0.39 is 0 Å². The molecule has 0 spiro atoms. The largest absolute Gasteiger partial charge is 0.494 e. The number of amides is 1. The van der Waals surface area contributed by atoms with Crippen LogP contribution >= 0.6 is 23.2 Å². The molecule has 0 saturated carbocycles. The summed E-state index contributed by atoms with van der Waals surface area (Å²) in [5.41, 5.74) is 1.52. The number of carbonyl (C=O) groups is 1. The molecule has 0 N–H and O–H groups in total. The number of para-hydroxylation sites is 1. The highest BCUT2D eigenvalue weighted by Gasteiger charge is 2.35. The molecule has 0 aliphatic carbocycles. The van der Waals surface area contributed by atoms with Gasteiger partial charge in [0.1, 0.15) is 5.75 Å². The minimum Gasteiger partial charge on any atom is -0.494 e. The van der Waals surface area contributed by atoms with E-state index in [4.69, 9.17) is 32.5 Å². The van der Waals surface area contributed by atoms with Crippen LogP contribution in [0.15, 0.2) is 53.3 Å². The zero-order chi connectivity index (χ0) is 22.9. The summed E-state index contributed by atoms with van der Waals surface area (Å²) in [5.74, 6) is 0.960. The number of methoxy groups -OCH3 is 1. The third-order valence-corrected chi connectivity index (χ3v) is 6.01. The number of nitrogens with zero attached hydrogens (tertiary/aromatic N) is 6. The molecular formula is C22H18Cl2N6O3. The van der Waals surface area contributed by atoms with Crippen LogP contribution in [0.1, 0.15) is 35.1 Å². The van der Waals surface area contributed by atoms with E-state index in [1.807, 2.05) is 0 Å². The van der Waals surface area contributed by atoms with Crippen LogP contribution in [0.4, 0.5) is 0 Å². The highest BCUT2D eigenvalue weighted by atomic mass is 35.5. The second-order valence-corrected chi connectivity index (χ2v) is 8.26. The van der Waals surface area contributed by atoms with Gasteiger partial charge in [-0.1, -0.05) is 34.4 Å². The molecule has 33 heavy (non-hydrogen) atoms. The number of hydrogen-bond acceptors (Lipinski definition) is 7. The summed E-state index contributed by atoms with van der Waals surface area (Å²) >= 11 is 12.4. The molecule has 4 aromatic rings. The topological polar surface area (TPSA) is 99.2 Å². The molecule has 1 amide bonds. The van der Waals surface area contributed by atoms with Gasteiger partial charge in [0.2, 0.25) is 0 Å². The fraction of sp³-hybridized carbons (Fsp3) is 0.227. The van der Waals surface area contributed by atoms with Gasteiger partial charge in [-0.25, -0.2) is 0 Å². The predicted octanol–water partition coefficient (Wildman–Crippen LogP) is 4.61. The first-order valence-corrected chi connectivity index (χ1v) is 11.0. The zero-order valence-electron chi connectivity index (χ0n) is 17.5. The van der Waals surface area contributed by atoms with Crippen molar-refractivity contribution in [1.29, 1.82) is 0 Å². The first-order chi connectivity index (χ1) is 16.1. The molecule has 1 fully saturated rings. The van der Waals surface area contributed by atoms with Crippen molar-refractivity contribution < 1.29 is 14.1 Å². The fourth-order valence-corrected chi connectivity index (χ4v) is 4.41. The van der Waals surface area contributed by atoms with Gasteiger partial charge in [0.05, 0.1) is 47.4 Å². The average Bonchev–Trinajstić information content (AvgIpc) is 3.60. The minimum atomic E-state index is -0.339. The Hall–Kier alpha value is -3.43. The van der Waals surface area contributed by atoms with E-state index >= 15 is 0 Å². The average molecular weight is 485 g/mol. The second kappa shape index (κ2) is 8.84. The lowest BCUT2D eigenvalue weighted by Gasteiger charge is -2.23. The summed E-state index contributed by atoms with van der Waals surface area (Å²) in [6.45, 7) is 0.558. The molecule has 1 saturated heterocycles. The Balaban J connectivity index is 1.47. The van der Waals surface area contributed by atoms with Crippen molar-refractivity contribution in [2.75, 3.05) is 13.7 Å². The number of ether oxygens (including phenoxy) is 1. The summed E-state index contributed by atoms with van der Waals surface area (Å²) in [7, 11) is 1.53. The Morgan fingerprint density at radius 1 is 1.18 bits per heavy atom. The van der Waals surface area contributed by atoms with Crippen LogP contribution in [-0.2, 0) is 0 Å². The molecule has 168 valence electrons. The first kappa shape index (κ1) is 21.4. The Kier molecular flexibility index (Phi) is 5.74. The summed E-state index contributed by atoms with van der Waals surface area (Å²) in [6, 6.07) is 9.96. The van der Waals surface area contributed by atoms with E-state index in [-0.39, 0.29) is 17.8 Å². The third-order valence-electron chi connectivity index (χ3n) is 5.48. The van der Waals surface area contributed by atoms with Gasteiger partial charge in [0.25, 0.3) is 11.8 Å². The Morgan fingerprint density at radius 2 is 2.00 bits per heavy atom. The molecule has 1 aliphatic heterocycles. The molecule has 11 heteroatoms. The second-order valence-electron chi connectivity index (χ2n) is 7.41. The van der Waals surface area contributed by atoms with Gasteiger partial charge in [0, 0.05) is 11.6 Å². The van der Waals surface area contributed by atoms with E-state index in [2.05, 4.69) is 20.3 Å². The van der Waals surface area contributed by atoms with Gasteiger partial charge in [-0.3, -0.25) is 4.79 Å². The van der Waals surface area contributed by atoms with Crippen molar-refractivity contribution in [3.63, 3.8) is 0 Å². The number of rotatable bonds is 5. The summed E-state index contributed by atoms with van der Waals surface area (Å²) < 4.78 is 10.9. The van der Waals surface area contributed by atoms with Gasteiger partial charge in [0.15, 0.2) is 5.82 Å². The molecule has 0 bridgehead atoms. The molecule has 0 radical (unpaired) electrons. The first-order valence-electron chi connectivity index (χ1n) is 10.2. The van der Waals surface area contributed by atoms with Gasteiger partial charge in [-0.15, -0.1) is 0 Å². The summed E-state index contributed by atoms with van der Waals surface area (Å²) in [6.07, 6.45) is 4.60. The van der Waals surface area contributed by atoms with E-state index in [0.717, 1.165) is 6.42 Å². The Morgan fingerprint density at radius 3 is 2.79 bits per heavy atom. The van der Waals surface area contributed by atoms with E-state index in [1.165, 1.54) is 11.9 Å². The van der Waals surface area contributed by atoms with Crippen LogP contribution in [0, 0.1) is 0 Å². The third kappa shape index (κ3) is 3.94. The van der Waals surface area contributed by atoms with Crippen molar-refractivity contribution in [3.8, 4) is 22.9 Å². The number of hydrogen-bond donors (Lipinski definition) is 0. The predicted molar refractivity (Wildman–Crippen MR) is 121 cm³/mol.